The van der Waals surface area contributed by atoms with Crippen molar-refractivity contribution in [1.29, 1.82) is 0 Å². The molecule has 3 rings (SSSR count). The number of hydrogen-bond acceptors (Lipinski definition) is 4. The zero-order valence-electron chi connectivity index (χ0n) is 16.9. The van der Waals surface area contributed by atoms with Crippen LogP contribution < -0.4 is 10.1 Å². The minimum Gasteiger partial charge on any atom is -0.478 e. The first kappa shape index (κ1) is 24.0. The monoisotopic (exact) mass is 476 g/mol. The van der Waals surface area contributed by atoms with Gasteiger partial charge in [-0.15, -0.1) is 5.10 Å². The highest BCUT2D eigenvalue weighted by Crippen LogP contribution is 2.36. The Balaban J connectivity index is 2.09. The van der Waals surface area contributed by atoms with E-state index in [4.69, 9.17) is 4.74 Å². The standard InChI is InChI=1S/C20H15F7N4O2/c1-18(2,20(25,26)27)33-14-6-11(5-13(21)7-14)15-8-16(29-10-32)30-31(15)17-4-3-12(9-28-17)19(22,23)24/h3-10H,1-2H3,(H,29,30,32). The molecule has 6 nitrogen and oxygen atoms in total. The molecule has 0 fully saturated rings. The van der Waals surface area contributed by atoms with Gasteiger partial charge in [0.15, 0.2) is 17.2 Å². The predicted molar refractivity (Wildman–Crippen MR) is 102 cm³/mol. The number of anilines is 1. The summed E-state index contributed by atoms with van der Waals surface area (Å²) in [6.07, 6.45) is -8.56. The quantitative estimate of drug-likeness (QED) is 0.383. The Kier molecular flexibility index (Phi) is 6.09. The maximum absolute atomic E-state index is 14.3. The molecule has 2 heterocycles. The zero-order chi connectivity index (χ0) is 24.6. The lowest BCUT2D eigenvalue weighted by Crippen LogP contribution is -2.44. The van der Waals surface area contributed by atoms with E-state index in [1.165, 1.54) is 6.07 Å². The number of benzene rings is 1. The van der Waals surface area contributed by atoms with Crippen molar-refractivity contribution in [3.63, 3.8) is 0 Å². The summed E-state index contributed by atoms with van der Waals surface area (Å²) in [5, 5.41) is 6.24. The van der Waals surface area contributed by atoms with Crippen molar-refractivity contribution in [1.82, 2.24) is 14.8 Å². The van der Waals surface area contributed by atoms with Crippen molar-refractivity contribution >= 4 is 12.2 Å². The molecule has 0 saturated heterocycles. The molecule has 1 N–H and O–H groups in total. The molecule has 176 valence electrons. The third-order valence-electron chi connectivity index (χ3n) is 4.43. The van der Waals surface area contributed by atoms with E-state index < -0.39 is 35.1 Å². The molecule has 2 aromatic heterocycles. The number of carbonyl (C=O) groups is 1. The fourth-order valence-corrected chi connectivity index (χ4v) is 2.69. The Morgan fingerprint density at radius 3 is 2.27 bits per heavy atom. The first-order valence-electron chi connectivity index (χ1n) is 9.12. The van der Waals surface area contributed by atoms with Crippen LogP contribution in [0, 0.1) is 5.82 Å². The second-order valence-electron chi connectivity index (χ2n) is 7.28. The van der Waals surface area contributed by atoms with Crippen LogP contribution in [-0.2, 0) is 11.0 Å². The third kappa shape index (κ3) is 5.23. The molecule has 0 aliphatic rings. The first-order valence-corrected chi connectivity index (χ1v) is 9.12. The summed E-state index contributed by atoms with van der Waals surface area (Å²) in [5.74, 6) is -1.59. The zero-order valence-corrected chi connectivity index (χ0v) is 16.9. The molecule has 0 spiro atoms. The number of carbonyl (C=O) groups excluding carboxylic acids is 1. The molecule has 1 amide bonds. The normalized spacial score (nSPS) is 12.5. The van der Waals surface area contributed by atoms with Gasteiger partial charge in [-0.3, -0.25) is 4.79 Å². The summed E-state index contributed by atoms with van der Waals surface area (Å²) < 4.78 is 98.2. The molecule has 0 unspecified atom stereocenters. The van der Waals surface area contributed by atoms with Gasteiger partial charge in [-0.05, 0) is 38.1 Å². The van der Waals surface area contributed by atoms with Crippen LogP contribution in [0.4, 0.5) is 36.6 Å². The summed E-state index contributed by atoms with van der Waals surface area (Å²) in [6, 6.07) is 5.77. The Morgan fingerprint density at radius 2 is 1.73 bits per heavy atom. The van der Waals surface area contributed by atoms with Crippen molar-refractivity contribution in [2.24, 2.45) is 0 Å². The van der Waals surface area contributed by atoms with Crippen molar-refractivity contribution in [2.45, 2.75) is 31.8 Å². The Bertz CT molecular complexity index is 1150. The molecule has 0 aliphatic heterocycles. The highest BCUT2D eigenvalue weighted by molar-refractivity contribution is 5.74. The van der Waals surface area contributed by atoms with Crippen LogP contribution in [0.2, 0.25) is 0 Å². The van der Waals surface area contributed by atoms with E-state index in [1.54, 1.807) is 0 Å². The molecule has 0 atom stereocenters. The summed E-state index contributed by atoms with van der Waals surface area (Å²) in [5.41, 5.74) is -3.68. The SMILES string of the molecule is CC(C)(Oc1cc(F)cc(-c2cc(NC=O)nn2-c2ccc(C(F)(F)F)cn2)c1)C(F)(F)F. The molecular formula is C20H15F7N4O2. The summed E-state index contributed by atoms with van der Waals surface area (Å²) in [4.78, 5) is 14.5. The van der Waals surface area contributed by atoms with E-state index in [0.717, 1.165) is 48.9 Å². The minimum absolute atomic E-state index is 0.0146. The van der Waals surface area contributed by atoms with Crippen LogP contribution in [-0.4, -0.2) is 33.0 Å². The highest BCUT2D eigenvalue weighted by atomic mass is 19.4. The second kappa shape index (κ2) is 8.37. The van der Waals surface area contributed by atoms with Crippen LogP contribution in [0.15, 0.2) is 42.6 Å². The summed E-state index contributed by atoms with van der Waals surface area (Å²) in [6.45, 7) is 1.53. The number of hydrogen-bond donors (Lipinski definition) is 1. The number of aromatic nitrogens is 3. The van der Waals surface area contributed by atoms with Gasteiger partial charge in [0, 0.05) is 23.9 Å². The number of pyridine rings is 1. The van der Waals surface area contributed by atoms with E-state index in [2.05, 4.69) is 15.4 Å². The van der Waals surface area contributed by atoms with Crippen LogP contribution in [0.3, 0.4) is 0 Å². The van der Waals surface area contributed by atoms with Crippen LogP contribution in [0.25, 0.3) is 17.1 Å². The predicted octanol–water partition coefficient (Wildman–Crippen LogP) is 5.38. The van der Waals surface area contributed by atoms with Crippen LogP contribution >= 0.6 is 0 Å². The molecule has 3 aromatic rings. The fourth-order valence-electron chi connectivity index (χ4n) is 2.69. The van der Waals surface area contributed by atoms with Crippen LogP contribution in [0.1, 0.15) is 19.4 Å². The Labute approximate surface area is 182 Å². The average molecular weight is 476 g/mol. The van der Waals surface area contributed by atoms with Gasteiger partial charge in [0.2, 0.25) is 6.41 Å². The maximum atomic E-state index is 14.3. The number of amides is 1. The van der Waals surface area contributed by atoms with Crippen molar-refractivity contribution < 1.29 is 40.3 Å². The third-order valence-corrected chi connectivity index (χ3v) is 4.43. The van der Waals surface area contributed by atoms with E-state index in [0.29, 0.717) is 6.20 Å². The molecule has 0 bridgehead atoms. The number of nitrogens with zero attached hydrogens (tertiary/aromatic N) is 3. The van der Waals surface area contributed by atoms with Crippen LogP contribution in [0.5, 0.6) is 5.75 Å². The lowest BCUT2D eigenvalue weighted by molar-refractivity contribution is -0.234. The second-order valence-corrected chi connectivity index (χ2v) is 7.28. The molecule has 0 saturated carbocycles. The smallest absolute Gasteiger partial charge is 0.427 e. The van der Waals surface area contributed by atoms with Gasteiger partial charge >= 0.3 is 12.4 Å². The fraction of sp³-hybridized carbons (Fsp3) is 0.250. The van der Waals surface area contributed by atoms with Gasteiger partial charge in [-0.2, -0.15) is 26.3 Å². The topological polar surface area (TPSA) is 69.0 Å². The summed E-state index contributed by atoms with van der Waals surface area (Å²) in [7, 11) is 0. The summed E-state index contributed by atoms with van der Waals surface area (Å²) >= 11 is 0. The number of rotatable bonds is 6. The van der Waals surface area contributed by atoms with Gasteiger partial charge in [0.25, 0.3) is 0 Å². The number of ether oxygens (including phenoxy) is 1. The first-order chi connectivity index (χ1) is 15.2. The molecule has 1 aromatic carbocycles. The van der Waals surface area contributed by atoms with E-state index >= 15 is 0 Å². The minimum atomic E-state index is -4.76. The lowest BCUT2D eigenvalue weighted by atomic mass is 10.1. The molecule has 33 heavy (non-hydrogen) atoms. The maximum Gasteiger partial charge on any atom is 0.427 e. The van der Waals surface area contributed by atoms with Crippen molar-refractivity contribution in [2.75, 3.05) is 5.32 Å². The number of nitrogens with one attached hydrogen (secondary N) is 1. The molecule has 13 heteroatoms. The van der Waals surface area contributed by atoms with Gasteiger partial charge in [-0.25, -0.2) is 14.1 Å². The van der Waals surface area contributed by atoms with Crippen molar-refractivity contribution in [3.05, 3.63) is 54.0 Å². The van der Waals surface area contributed by atoms with Crippen molar-refractivity contribution in [3.8, 4) is 22.8 Å². The van der Waals surface area contributed by atoms with Gasteiger partial charge < -0.3 is 10.1 Å². The largest absolute Gasteiger partial charge is 0.478 e. The molecular weight excluding hydrogens is 461 g/mol. The lowest BCUT2D eigenvalue weighted by Gasteiger charge is -2.29. The average Bonchev–Trinajstić information content (AvgIpc) is 3.10. The van der Waals surface area contributed by atoms with E-state index in [9.17, 15) is 35.5 Å². The number of alkyl halides is 6. The number of halogens is 7. The van der Waals surface area contributed by atoms with Gasteiger partial charge in [0.1, 0.15) is 11.6 Å². The highest BCUT2D eigenvalue weighted by Gasteiger charge is 2.50. The van der Waals surface area contributed by atoms with Gasteiger partial charge in [0.05, 0.1) is 11.3 Å². The van der Waals surface area contributed by atoms with E-state index in [1.807, 2.05) is 0 Å². The van der Waals surface area contributed by atoms with Gasteiger partial charge in [-0.1, -0.05) is 0 Å². The Hall–Kier alpha value is -3.64. The molecule has 0 radical (unpaired) electrons. The molecule has 0 aliphatic carbocycles. The van der Waals surface area contributed by atoms with E-state index in [-0.39, 0.29) is 29.3 Å². The Morgan fingerprint density at radius 1 is 1.03 bits per heavy atom.